The van der Waals surface area contributed by atoms with E-state index < -0.39 is 9.84 Å². The summed E-state index contributed by atoms with van der Waals surface area (Å²) in [4.78, 5) is 6.80. The van der Waals surface area contributed by atoms with Crippen molar-refractivity contribution in [2.75, 3.05) is 18.6 Å². The minimum absolute atomic E-state index is 0.129. The van der Waals surface area contributed by atoms with Crippen molar-refractivity contribution in [2.24, 2.45) is 0 Å². The molecule has 0 radical (unpaired) electrons. The molecule has 1 aliphatic heterocycles. The number of hydrogen-bond acceptors (Lipinski definition) is 5. The van der Waals surface area contributed by atoms with Crippen molar-refractivity contribution in [2.45, 2.75) is 25.4 Å². The summed E-state index contributed by atoms with van der Waals surface area (Å²) in [5.41, 5.74) is 2.29. The topological polar surface area (TPSA) is 50.3 Å². The third-order valence-corrected chi connectivity index (χ3v) is 6.69. The average Bonchev–Trinajstić information content (AvgIpc) is 3.06. The van der Waals surface area contributed by atoms with Gasteiger partial charge in [-0.2, -0.15) is 0 Å². The molecule has 1 saturated heterocycles. The Morgan fingerprint density at radius 1 is 1.32 bits per heavy atom. The lowest BCUT2D eigenvalue weighted by Crippen LogP contribution is -2.32. The van der Waals surface area contributed by atoms with Gasteiger partial charge < -0.3 is 0 Å². The van der Waals surface area contributed by atoms with Gasteiger partial charge in [-0.05, 0) is 19.0 Å². The van der Waals surface area contributed by atoms with Gasteiger partial charge in [-0.3, -0.25) is 4.90 Å². The fourth-order valence-corrected chi connectivity index (χ4v) is 5.41. The summed E-state index contributed by atoms with van der Waals surface area (Å²) in [5.74, 6) is 0.600. The van der Waals surface area contributed by atoms with Crippen LogP contribution in [0.4, 0.5) is 0 Å². The van der Waals surface area contributed by atoms with Crippen LogP contribution in [0.15, 0.2) is 35.7 Å². The molecular weight excluding hydrogens is 316 g/mol. The second-order valence-electron chi connectivity index (χ2n) is 5.87. The highest BCUT2D eigenvalue weighted by Crippen LogP contribution is 2.20. The third-order valence-electron chi connectivity index (χ3n) is 4.04. The molecule has 3 rings (SSSR count). The van der Waals surface area contributed by atoms with Gasteiger partial charge >= 0.3 is 0 Å². The first-order valence-corrected chi connectivity index (χ1v) is 10.1. The second-order valence-corrected chi connectivity index (χ2v) is 9.04. The van der Waals surface area contributed by atoms with E-state index in [4.69, 9.17) is 0 Å². The van der Waals surface area contributed by atoms with E-state index in [1.807, 2.05) is 25.2 Å². The number of sulfone groups is 1. The van der Waals surface area contributed by atoms with Gasteiger partial charge in [0.25, 0.3) is 0 Å². The average molecular weight is 336 g/mol. The molecule has 1 fully saturated rings. The lowest BCUT2D eigenvalue weighted by Gasteiger charge is -2.21. The largest absolute Gasteiger partial charge is 0.297 e. The molecule has 1 atom stereocenters. The molecule has 1 aromatic carbocycles. The quantitative estimate of drug-likeness (QED) is 0.841. The summed E-state index contributed by atoms with van der Waals surface area (Å²) in [6.07, 6.45) is 1.59. The Labute approximate surface area is 135 Å². The molecule has 0 unspecified atom stereocenters. The maximum absolute atomic E-state index is 11.6. The standard InChI is InChI=1S/C16H20N2O2S2/c1-18(15-7-8-22(19,20)12-15)10-14-11-21-16(17-14)9-13-5-3-2-4-6-13/h2-6,11,15H,7-10,12H2,1H3/t15-/m1/s1. The van der Waals surface area contributed by atoms with E-state index in [0.717, 1.165) is 23.5 Å². The van der Waals surface area contributed by atoms with E-state index in [1.54, 1.807) is 11.3 Å². The number of thiazole rings is 1. The van der Waals surface area contributed by atoms with Crippen molar-refractivity contribution in [3.05, 3.63) is 52.0 Å². The van der Waals surface area contributed by atoms with Crippen LogP contribution in [0, 0.1) is 0 Å². The summed E-state index contributed by atoms with van der Waals surface area (Å²) in [6, 6.07) is 10.4. The molecule has 0 bridgehead atoms. The maximum Gasteiger partial charge on any atom is 0.151 e. The van der Waals surface area contributed by atoms with Crippen molar-refractivity contribution in [3.8, 4) is 0 Å². The van der Waals surface area contributed by atoms with Gasteiger partial charge in [0, 0.05) is 24.4 Å². The molecule has 0 amide bonds. The molecule has 22 heavy (non-hydrogen) atoms. The van der Waals surface area contributed by atoms with Crippen molar-refractivity contribution in [3.63, 3.8) is 0 Å². The van der Waals surface area contributed by atoms with E-state index in [-0.39, 0.29) is 11.8 Å². The highest BCUT2D eigenvalue weighted by Gasteiger charge is 2.30. The SMILES string of the molecule is CN(Cc1csc(Cc2ccccc2)n1)[C@@H]1CCS(=O)(=O)C1. The molecule has 118 valence electrons. The molecule has 6 heteroatoms. The van der Waals surface area contributed by atoms with Crippen LogP contribution >= 0.6 is 11.3 Å². The molecule has 0 spiro atoms. The van der Waals surface area contributed by atoms with E-state index in [9.17, 15) is 8.42 Å². The van der Waals surface area contributed by atoms with E-state index in [2.05, 4.69) is 27.4 Å². The summed E-state index contributed by atoms with van der Waals surface area (Å²) in [7, 11) is -0.840. The van der Waals surface area contributed by atoms with Crippen LogP contribution in [0.25, 0.3) is 0 Å². The Bertz CT molecular complexity index is 726. The monoisotopic (exact) mass is 336 g/mol. The lowest BCUT2D eigenvalue weighted by molar-refractivity contribution is 0.251. The Morgan fingerprint density at radius 2 is 2.09 bits per heavy atom. The molecular formula is C16H20N2O2S2. The van der Waals surface area contributed by atoms with Crippen LogP contribution in [0.1, 0.15) is 22.7 Å². The number of aromatic nitrogens is 1. The molecule has 0 saturated carbocycles. The highest BCUT2D eigenvalue weighted by molar-refractivity contribution is 7.91. The Kier molecular flexibility index (Phi) is 4.61. The third kappa shape index (κ3) is 3.94. The van der Waals surface area contributed by atoms with Crippen LogP contribution in [-0.2, 0) is 22.8 Å². The molecule has 0 N–H and O–H groups in total. The first kappa shape index (κ1) is 15.6. The number of nitrogens with zero attached hydrogens (tertiary/aromatic N) is 2. The normalized spacial score (nSPS) is 20.5. The second kappa shape index (κ2) is 6.48. The number of hydrogen-bond donors (Lipinski definition) is 0. The van der Waals surface area contributed by atoms with Crippen molar-refractivity contribution in [1.29, 1.82) is 0 Å². The molecule has 0 aliphatic carbocycles. The van der Waals surface area contributed by atoms with Gasteiger partial charge in [0.2, 0.25) is 0 Å². The minimum Gasteiger partial charge on any atom is -0.297 e. The predicted molar refractivity (Wildman–Crippen MR) is 89.9 cm³/mol. The van der Waals surface area contributed by atoms with Crippen LogP contribution in [0.2, 0.25) is 0 Å². The van der Waals surface area contributed by atoms with Crippen LogP contribution in [-0.4, -0.2) is 42.9 Å². The van der Waals surface area contributed by atoms with E-state index in [0.29, 0.717) is 12.3 Å². The Hall–Kier alpha value is -1.24. The van der Waals surface area contributed by atoms with E-state index >= 15 is 0 Å². The van der Waals surface area contributed by atoms with Crippen LogP contribution in [0.3, 0.4) is 0 Å². The predicted octanol–water partition coefficient (Wildman–Crippen LogP) is 2.35. The Morgan fingerprint density at radius 3 is 2.77 bits per heavy atom. The van der Waals surface area contributed by atoms with Gasteiger partial charge in [0.05, 0.1) is 22.2 Å². The molecule has 1 aliphatic rings. The molecule has 2 aromatic rings. The first-order chi connectivity index (χ1) is 10.5. The molecule has 2 heterocycles. The zero-order valence-electron chi connectivity index (χ0n) is 12.6. The molecule has 4 nitrogen and oxygen atoms in total. The zero-order chi connectivity index (χ0) is 15.6. The smallest absolute Gasteiger partial charge is 0.151 e. The Balaban J connectivity index is 1.60. The van der Waals surface area contributed by atoms with Crippen LogP contribution in [0.5, 0.6) is 0 Å². The fraction of sp³-hybridized carbons (Fsp3) is 0.438. The molecule has 1 aromatic heterocycles. The lowest BCUT2D eigenvalue weighted by atomic mass is 10.2. The maximum atomic E-state index is 11.6. The van der Waals surface area contributed by atoms with Gasteiger partial charge in [-0.15, -0.1) is 11.3 Å². The summed E-state index contributed by atoms with van der Waals surface area (Å²) in [6.45, 7) is 0.714. The first-order valence-electron chi connectivity index (χ1n) is 7.40. The summed E-state index contributed by atoms with van der Waals surface area (Å²) >= 11 is 1.67. The summed E-state index contributed by atoms with van der Waals surface area (Å²) in [5, 5.41) is 3.19. The van der Waals surface area contributed by atoms with Crippen LogP contribution < -0.4 is 0 Å². The fourth-order valence-electron chi connectivity index (χ4n) is 2.78. The highest BCUT2D eigenvalue weighted by atomic mass is 32.2. The number of rotatable bonds is 5. The van der Waals surface area contributed by atoms with Crippen molar-refractivity contribution >= 4 is 21.2 Å². The van der Waals surface area contributed by atoms with Gasteiger partial charge in [0.1, 0.15) is 0 Å². The van der Waals surface area contributed by atoms with Gasteiger partial charge in [-0.25, -0.2) is 13.4 Å². The van der Waals surface area contributed by atoms with Gasteiger partial charge in [-0.1, -0.05) is 30.3 Å². The minimum atomic E-state index is -2.83. The van der Waals surface area contributed by atoms with Crippen molar-refractivity contribution < 1.29 is 8.42 Å². The summed E-state index contributed by atoms with van der Waals surface area (Å²) < 4.78 is 23.1. The van der Waals surface area contributed by atoms with Gasteiger partial charge in [0.15, 0.2) is 9.84 Å². The zero-order valence-corrected chi connectivity index (χ0v) is 14.2. The van der Waals surface area contributed by atoms with Crippen molar-refractivity contribution in [1.82, 2.24) is 9.88 Å². The number of benzene rings is 1. The van der Waals surface area contributed by atoms with E-state index in [1.165, 1.54) is 5.56 Å².